The second kappa shape index (κ2) is 8.43. The number of nitrogens with zero attached hydrogens (tertiary/aromatic N) is 1. The molecule has 0 aliphatic rings. The van der Waals surface area contributed by atoms with Crippen LogP contribution in [0.1, 0.15) is 10.5 Å². The zero-order chi connectivity index (χ0) is 13.2. The van der Waals surface area contributed by atoms with Gasteiger partial charge in [-0.1, -0.05) is 6.07 Å². The minimum atomic E-state index is -0.425. The van der Waals surface area contributed by atoms with Crippen LogP contribution >= 0.6 is 0 Å². The summed E-state index contributed by atoms with van der Waals surface area (Å²) in [5, 5.41) is 9.46. The van der Waals surface area contributed by atoms with Crippen molar-refractivity contribution in [3.05, 3.63) is 23.9 Å². The van der Waals surface area contributed by atoms with Gasteiger partial charge in [0.1, 0.15) is 5.82 Å². The largest absolute Gasteiger partial charge is 0.464 e. The van der Waals surface area contributed by atoms with E-state index in [9.17, 15) is 4.79 Å². The molecule has 0 fully saturated rings. The minimum absolute atomic E-state index is 0.311. The van der Waals surface area contributed by atoms with Gasteiger partial charge >= 0.3 is 5.97 Å². The molecule has 18 heavy (non-hydrogen) atoms. The van der Waals surface area contributed by atoms with Crippen LogP contribution in [0.3, 0.4) is 0 Å². The number of ether oxygens (including phenoxy) is 1. The summed E-state index contributed by atoms with van der Waals surface area (Å²) in [6.07, 6.45) is 0. The molecule has 100 valence electrons. The second-order valence-electron chi connectivity index (χ2n) is 3.68. The normalized spacial score (nSPS) is 10.1. The molecule has 0 atom stereocenters. The average molecular weight is 252 g/mol. The Hall–Kier alpha value is -1.66. The van der Waals surface area contributed by atoms with Gasteiger partial charge in [0.15, 0.2) is 5.69 Å². The number of pyridine rings is 1. The van der Waals surface area contributed by atoms with Gasteiger partial charge in [0.05, 0.1) is 7.11 Å². The first kappa shape index (κ1) is 14.4. The highest BCUT2D eigenvalue weighted by Crippen LogP contribution is 2.05. The van der Waals surface area contributed by atoms with Crippen LogP contribution in [0.5, 0.6) is 0 Å². The van der Waals surface area contributed by atoms with Crippen molar-refractivity contribution in [2.75, 3.05) is 45.7 Å². The maximum Gasteiger partial charge on any atom is 0.356 e. The number of aromatic nitrogens is 1. The number of carbonyl (C=O) groups excluding carboxylic acids is 1. The van der Waals surface area contributed by atoms with Crippen molar-refractivity contribution >= 4 is 11.8 Å². The smallest absolute Gasteiger partial charge is 0.356 e. The Morgan fingerprint density at radius 3 is 2.78 bits per heavy atom. The zero-order valence-electron chi connectivity index (χ0n) is 10.8. The van der Waals surface area contributed by atoms with E-state index in [-0.39, 0.29) is 0 Å². The molecule has 0 aromatic carbocycles. The molecule has 0 radical (unpaired) electrons. The summed E-state index contributed by atoms with van der Waals surface area (Å²) in [6.45, 7) is 3.46. The van der Waals surface area contributed by atoms with Crippen molar-refractivity contribution in [2.24, 2.45) is 0 Å². The predicted molar refractivity (Wildman–Crippen MR) is 70.9 cm³/mol. The molecule has 1 aromatic heterocycles. The van der Waals surface area contributed by atoms with Gasteiger partial charge in [-0.05, 0) is 19.2 Å². The van der Waals surface area contributed by atoms with Crippen LogP contribution in [0.25, 0.3) is 0 Å². The van der Waals surface area contributed by atoms with E-state index in [1.54, 1.807) is 12.1 Å². The van der Waals surface area contributed by atoms with Gasteiger partial charge in [-0.2, -0.15) is 0 Å². The fourth-order valence-electron chi connectivity index (χ4n) is 1.37. The molecule has 0 aliphatic carbocycles. The molecule has 1 heterocycles. The third kappa shape index (κ3) is 5.11. The molecule has 1 rings (SSSR count). The maximum atomic E-state index is 11.3. The molecular formula is C12H20N4O2. The van der Waals surface area contributed by atoms with Crippen molar-refractivity contribution in [1.82, 2.24) is 15.6 Å². The lowest BCUT2D eigenvalue weighted by molar-refractivity contribution is 0.0594. The van der Waals surface area contributed by atoms with E-state index in [2.05, 4.69) is 25.7 Å². The summed E-state index contributed by atoms with van der Waals surface area (Å²) >= 11 is 0. The Bertz CT molecular complexity index is 371. The summed E-state index contributed by atoms with van der Waals surface area (Å²) in [7, 11) is 3.26. The Morgan fingerprint density at radius 1 is 1.28 bits per heavy atom. The number of hydrogen-bond donors (Lipinski definition) is 3. The van der Waals surface area contributed by atoms with E-state index >= 15 is 0 Å². The molecule has 0 spiro atoms. The number of methoxy groups -OCH3 is 1. The summed E-state index contributed by atoms with van der Waals surface area (Å²) in [6, 6.07) is 5.22. The molecule has 6 heteroatoms. The van der Waals surface area contributed by atoms with E-state index in [4.69, 9.17) is 0 Å². The first-order chi connectivity index (χ1) is 8.77. The summed E-state index contributed by atoms with van der Waals surface area (Å²) in [5.41, 5.74) is 0.311. The second-order valence-corrected chi connectivity index (χ2v) is 3.68. The van der Waals surface area contributed by atoms with Gasteiger partial charge in [-0.25, -0.2) is 9.78 Å². The zero-order valence-corrected chi connectivity index (χ0v) is 10.8. The van der Waals surface area contributed by atoms with Gasteiger partial charge in [-0.3, -0.25) is 0 Å². The number of esters is 1. The quantitative estimate of drug-likeness (QED) is 0.450. The molecule has 1 aromatic rings. The van der Waals surface area contributed by atoms with Crippen LogP contribution in [-0.2, 0) is 4.74 Å². The van der Waals surface area contributed by atoms with E-state index in [1.807, 2.05) is 13.1 Å². The summed E-state index contributed by atoms with van der Waals surface area (Å²) < 4.78 is 4.61. The highest BCUT2D eigenvalue weighted by Gasteiger charge is 2.06. The molecule has 0 saturated heterocycles. The lowest BCUT2D eigenvalue weighted by Crippen LogP contribution is -2.29. The standard InChI is InChI=1S/C12H20N4O2/c1-13-6-7-14-8-9-15-11-5-3-4-10(16-11)12(17)18-2/h3-5,13-14H,6-9H2,1-2H3,(H,15,16). The van der Waals surface area contributed by atoms with Crippen LogP contribution in [-0.4, -0.2) is 51.3 Å². The Morgan fingerprint density at radius 2 is 2.06 bits per heavy atom. The Labute approximate surface area is 107 Å². The molecule has 6 nitrogen and oxygen atoms in total. The van der Waals surface area contributed by atoms with Gasteiger partial charge in [0.25, 0.3) is 0 Å². The third-order valence-electron chi connectivity index (χ3n) is 2.30. The highest BCUT2D eigenvalue weighted by molar-refractivity contribution is 5.87. The molecule has 0 aliphatic heterocycles. The van der Waals surface area contributed by atoms with Crippen molar-refractivity contribution in [1.29, 1.82) is 0 Å². The monoisotopic (exact) mass is 252 g/mol. The maximum absolute atomic E-state index is 11.3. The SMILES string of the molecule is CNCCNCCNc1cccc(C(=O)OC)n1. The molecule has 0 amide bonds. The fraction of sp³-hybridized carbons (Fsp3) is 0.500. The first-order valence-corrected chi connectivity index (χ1v) is 5.92. The number of anilines is 1. The van der Waals surface area contributed by atoms with Crippen LogP contribution < -0.4 is 16.0 Å². The van der Waals surface area contributed by atoms with E-state index in [1.165, 1.54) is 7.11 Å². The minimum Gasteiger partial charge on any atom is -0.464 e. The van der Waals surface area contributed by atoms with E-state index < -0.39 is 5.97 Å². The first-order valence-electron chi connectivity index (χ1n) is 5.92. The molecule has 3 N–H and O–H groups in total. The summed E-state index contributed by atoms with van der Waals surface area (Å²) in [5.74, 6) is 0.249. The molecular weight excluding hydrogens is 232 g/mol. The van der Waals surface area contributed by atoms with Crippen LogP contribution in [0, 0.1) is 0 Å². The van der Waals surface area contributed by atoms with E-state index in [0.29, 0.717) is 11.5 Å². The fourth-order valence-corrected chi connectivity index (χ4v) is 1.37. The Balaban J connectivity index is 2.32. The number of nitrogens with one attached hydrogen (secondary N) is 3. The van der Waals surface area contributed by atoms with Gasteiger partial charge in [0, 0.05) is 26.2 Å². The molecule has 0 bridgehead atoms. The molecule has 0 saturated carbocycles. The number of carbonyl (C=O) groups is 1. The summed E-state index contributed by atoms with van der Waals surface area (Å²) in [4.78, 5) is 15.4. The topological polar surface area (TPSA) is 75.3 Å². The lowest BCUT2D eigenvalue weighted by Gasteiger charge is -2.07. The lowest BCUT2D eigenvalue weighted by atomic mass is 10.3. The van der Waals surface area contributed by atoms with E-state index in [0.717, 1.165) is 26.2 Å². The van der Waals surface area contributed by atoms with Crippen molar-refractivity contribution < 1.29 is 9.53 Å². The van der Waals surface area contributed by atoms with Crippen molar-refractivity contribution in [3.8, 4) is 0 Å². The van der Waals surface area contributed by atoms with Gasteiger partial charge in [-0.15, -0.1) is 0 Å². The number of rotatable bonds is 8. The van der Waals surface area contributed by atoms with Crippen molar-refractivity contribution in [2.45, 2.75) is 0 Å². The highest BCUT2D eigenvalue weighted by atomic mass is 16.5. The van der Waals surface area contributed by atoms with Gasteiger partial charge in [0.2, 0.25) is 0 Å². The third-order valence-corrected chi connectivity index (χ3v) is 2.30. The number of likely N-dealkylation sites (N-methyl/N-ethyl adjacent to an activating group) is 1. The Kier molecular flexibility index (Phi) is 6.75. The molecule has 0 unspecified atom stereocenters. The van der Waals surface area contributed by atoms with Crippen LogP contribution in [0.15, 0.2) is 18.2 Å². The van der Waals surface area contributed by atoms with Crippen LogP contribution in [0.4, 0.5) is 5.82 Å². The van der Waals surface area contributed by atoms with Crippen LogP contribution in [0.2, 0.25) is 0 Å². The van der Waals surface area contributed by atoms with Gasteiger partial charge < -0.3 is 20.7 Å². The predicted octanol–water partition coefficient (Wildman–Crippen LogP) is 0.0891. The average Bonchev–Trinajstić information content (AvgIpc) is 2.42. The van der Waals surface area contributed by atoms with Crippen molar-refractivity contribution in [3.63, 3.8) is 0 Å². The number of hydrogen-bond acceptors (Lipinski definition) is 6.